The Balaban J connectivity index is 1.89. The van der Waals surface area contributed by atoms with Gasteiger partial charge in [0.15, 0.2) is 0 Å². The van der Waals surface area contributed by atoms with E-state index in [0.717, 1.165) is 18.4 Å². The van der Waals surface area contributed by atoms with Crippen molar-refractivity contribution >= 4 is 11.7 Å². The fourth-order valence-corrected chi connectivity index (χ4v) is 2.09. The second-order valence-electron chi connectivity index (χ2n) is 4.91. The molecule has 0 aromatic heterocycles. The van der Waals surface area contributed by atoms with Crippen LogP contribution in [0.15, 0.2) is 24.3 Å². The number of benzene rings is 1. The summed E-state index contributed by atoms with van der Waals surface area (Å²) in [5.41, 5.74) is 1.50. The molecule has 0 radical (unpaired) electrons. The number of carbonyl (C=O) groups is 1. The van der Waals surface area contributed by atoms with Gasteiger partial charge in [-0.15, -0.1) is 0 Å². The zero-order valence-corrected chi connectivity index (χ0v) is 10.8. The van der Waals surface area contributed by atoms with Gasteiger partial charge in [0.25, 0.3) is 0 Å². The lowest BCUT2D eigenvalue weighted by Gasteiger charge is -2.10. The van der Waals surface area contributed by atoms with Crippen molar-refractivity contribution in [2.24, 2.45) is 5.92 Å². The van der Waals surface area contributed by atoms with Crippen LogP contribution in [0.2, 0.25) is 0 Å². The van der Waals surface area contributed by atoms with E-state index in [2.05, 4.69) is 17.6 Å². The molecule has 1 saturated carbocycles. The third kappa shape index (κ3) is 3.23. The summed E-state index contributed by atoms with van der Waals surface area (Å²) in [5, 5.41) is 15.2. The van der Waals surface area contributed by atoms with Crippen LogP contribution in [0.25, 0.3) is 0 Å². The zero-order chi connectivity index (χ0) is 13.1. The maximum atomic E-state index is 11.7. The van der Waals surface area contributed by atoms with Crippen molar-refractivity contribution in [1.29, 1.82) is 0 Å². The van der Waals surface area contributed by atoms with Gasteiger partial charge in [-0.25, -0.2) is 4.79 Å². The molecule has 4 heteroatoms. The summed E-state index contributed by atoms with van der Waals surface area (Å²) in [5.74, 6) is 0.638. The first-order valence-corrected chi connectivity index (χ1v) is 6.45. The number of amides is 2. The van der Waals surface area contributed by atoms with Gasteiger partial charge in [0.2, 0.25) is 0 Å². The van der Waals surface area contributed by atoms with Gasteiger partial charge in [-0.2, -0.15) is 0 Å². The molecule has 0 aliphatic heterocycles. The van der Waals surface area contributed by atoms with Crippen LogP contribution in [0.1, 0.15) is 38.4 Å². The van der Waals surface area contributed by atoms with Gasteiger partial charge in [-0.3, -0.25) is 0 Å². The molecule has 3 N–H and O–H groups in total. The van der Waals surface area contributed by atoms with Gasteiger partial charge in [0.1, 0.15) is 0 Å². The maximum Gasteiger partial charge on any atom is 0.319 e. The van der Waals surface area contributed by atoms with Crippen LogP contribution in [0.4, 0.5) is 10.5 Å². The molecule has 4 nitrogen and oxygen atoms in total. The minimum atomic E-state index is -0.525. The zero-order valence-electron chi connectivity index (χ0n) is 10.8. The van der Waals surface area contributed by atoms with Crippen molar-refractivity contribution in [1.82, 2.24) is 5.32 Å². The summed E-state index contributed by atoms with van der Waals surface area (Å²) in [6.45, 7) is 3.84. The second kappa shape index (κ2) is 5.40. The molecular formula is C14H20N2O2. The van der Waals surface area contributed by atoms with Gasteiger partial charge in [0, 0.05) is 11.7 Å². The summed E-state index contributed by atoms with van der Waals surface area (Å²) < 4.78 is 0. The number of anilines is 1. The third-order valence-electron chi connectivity index (χ3n) is 3.39. The van der Waals surface area contributed by atoms with E-state index >= 15 is 0 Å². The SMILES string of the molecule is CCC1CC1NC(=O)Nc1cccc(C(C)O)c1. The van der Waals surface area contributed by atoms with Crippen molar-refractivity contribution < 1.29 is 9.90 Å². The number of hydrogen-bond donors (Lipinski definition) is 3. The van der Waals surface area contributed by atoms with E-state index in [4.69, 9.17) is 0 Å². The molecule has 2 amide bonds. The van der Waals surface area contributed by atoms with Gasteiger partial charge in [-0.1, -0.05) is 25.5 Å². The Morgan fingerprint density at radius 3 is 2.94 bits per heavy atom. The molecule has 18 heavy (non-hydrogen) atoms. The number of rotatable bonds is 4. The highest BCUT2D eigenvalue weighted by molar-refractivity contribution is 5.89. The lowest BCUT2D eigenvalue weighted by molar-refractivity contribution is 0.199. The normalized spacial score (nSPS) is 23.3. The van der Waals surface area contributed by atoms with Crippen molar-refractivity contribution in [2.75, 3.05) is 5.32 Å². The smallest absolute Gasteiger partial charge is 0.319 e. The molecule has 0 heterocycles. The minimum absolute atomic E-state index is 0.168. The van der Waals surface area contributed by atoms with Crippen LogP contribution in [0.5, 0.6) is 0 Å². The van der Waals surface area contributed by atoms with Gasteiger partial charge in [0.05, 0.1) is 6.10 Å². The Labute approximate surface area is 107 Å². The lowest BCUT2D eigenvalue weighted by atomic mass is 10.1. The highest BCUT2D eigenvalue weighted by Crippen LogP contribution is 2.33. The number of carbonyl (C=O) groups excluding carboxylic acids is 1. The fourth-order valence-electron chi connectivity index (χ4n) is 2.09. The molecule has 0 spiro atoms. The van der Waals surface area contributed by atoms with E-state index < -0.39 is 6.10 Å². The van der Waals surface area contributed by atoms with E-state index in [1.807, 2.05) is 18.2 Å². The summed E-state index contributed by atoms with van der Waals surface area (Å²) in [4.78, 5) is 11.7. The first-order valence-electron chi connectivity index (χ1n) is 6.45. The monoisotopic (exact) mass is 248 g/mol. The van der Waals surface area contributed by atoms with E-state index in [9.17, 15) is 9.90 Å². The van der Waals surface area contributed by atoms with E-state index in [1.54, 1.807) is 13.0 Å². The first kappa shape index (κ1) is 12.9. The number of hydrogen-bond acceptors (Lipinski definition) is 2. The number of nitrogens with one attached hydrogen (secondary N) is 2. The van der Waals surface area contributed by atoms with Gasteiger partial charge < -0.3 is 15.7 Å². The summed E-state index contributed by atoms with van der Waals surface area (Å²) in [7, 11) is 0. The molecule has 1 aliphatic carbocycles. The predicted molar refractivity (Wildman–Crippen MR) is 71.4 cm³/mol. The Hall–Kier alpha value is -1.55. The van der Waals surface area contributed by atoms with Crippen LogP contribution in [-0.2, 0) is 0 Å². The molecular weight excluding hydrogens is 228 g/mol. The summed E-state index contributed by atoms with van der Waals surface area (Å²) >= 11 is 0. The van der Waals surface area contributed by atoms with E-state index in [0.29, 0.717) is 17.6 Å². The third-order valence-corrected chi connectivity index (χ3v) is 3.39. The van der Waals surface area contributed by atoms with Crippen LogP contribution >= 0.6 is 0 Å². The van der Waals surface area contributed by atoms with Crippen molar-refractivity contribution in [3.63, 3.8) is 0 Å². The van der Waals surface area contributed by atoms with Crippen LogP contribution in [0, 0.1) is 5.92 Å². The lowest BCUT2D eigenvalue weighted by Crippen LogP contribution is -2.31. The van der Waals surface area contributed by atoms with Gasteiger partial charge in [-0.05, 0) is 37.0 Å². The summed E-state index contributed by atoms with van der Waals surface area (Å²) in [6, 6.07) is 7.42. The average molecular weight is 248 g/mol. The van der Waals surface area contributed by atoms with Crippen LogP contribution in [-0.4, -0.2) is 17.2 Å². The molecule has 1 aliphatic rings. The molecule has 3 atom stereocenters. The van der Waals surface area contributed by atoms with Crippen molar-refractivity contribution in [3.8, 4) is 0 Å². The molecule has 0 saturated heterocycles. The number of aliphatic hydroxyl groups excluding tert-OH is 1. The molecule has 0 bridgehead atoms. The maximum absolute atomic E-state index is 11.7. The van der Waals surface area contributed by atoms with Crippen LogP contribution in [0.3, 0.4) is 0 Å². The molecule has 1 aromatic rings. The van der Waals surface area contributed by atoms with E-state index in [-0.39, 0.29) is 6.03 Å². The molecule has 98 valence electrons. The Bertz CT molecular complexity index is 432. The van der Waals surface area contributed by atoms with Gasteiger partial charge >= 0.3 is 6.03 Å². The first-order chi connectivity index (χ1) is 8.60. The molecule has 1 aromatic carbocycles. The highest BCUT2D eigenvalue weighted by Gasteiger charge is 2.36. The minimum Gasteiger partial charge on any atom is -0.389 e. The standard InChI is InChI=1S/C14H20N2O2/c1-3-10-8-13(10)16-14(18)15-12-6-4-5-11(7-12)9(2)17/h4-7,9-10,13,17H,3,8H2,1-2H3,(H2,15,16,18). The fraction of sp³-hybridized carbons (Fsp3) is 0.500. The topological polar surface area (TPSA) is 61.4 Å². The Morgan fingerprint density at radius 1 is 1.56 bits per heavy atom. The summed E-state index contributed by atoms with van der Waals surface area (Å²) in [6.07, 6.45) is 1.67. The average Bonchev–Trinajstić information content (AvgIpc) is 3.07. The quantitative estimate of drug-likeness (QED) is 0.767. The largest absolute Gasteiger partial charge is 0.389 e. The van der Waals surface area contributed by atoms with E-state index in [1.165, 1.54) is 0 Å². The second-order valence-corrected chi connectivity index (χ2v) is 4.91. The molecule has 2 rings (SSSR count). The molecule has 3 unspecified atom stereocenters. The van der Waals surface area contributed by atoms with Crippen LogP contribution < -0.4 is 10.6 Å². The number of urea groups is 1. The predicted octanol–water partition coefficient (Wildman–Crippen LogP) is 2.66. The van der Waals surface area contributed by atoms with Crippen molar-refractivity contribution in [3.05, 3.63) is 29.8 Å². The Morgan fingerprint density at radius 2 is 2.33 bits per heavy atom. The number of aliphatic hydroxyl groups is 1. The Kier molecular flexibility index (Phi) is 3.87. The molecule has 1 fully saturated rings. The highest BCUT2D eigenvalue weighted by atomic mass is 16.3. The van der Waals surface area contributed by atoms with Crippen molar-refractivity contribution in [2.45, 2.75) is 38.8 Å².